The van der Waals surface area contributed by atoms with Crippen molar-refractivity contribution in [3.8, 4) is 0 Å². The molecule has 3 nitrogen and oxygen atoms in total. The molecule has 1 aliphatic rings. The normalized spacial score (nSPS) is 26.2. The van der Waals surface area contributed by atoms with Gasteiger partial charge in [0, 0.05) is 17.8 Å². The molecule has 0 radical (unpaired) electrons. The summed E-state index contributed by atoms with van der Waals surface area (Å²) in [7, 11) is 0. The summed E-state index contributed by atoms with van der Waals surface area (Å²) in [6, 6.07) is 0.427. The van der Waals surface area contributed by atoms with Crippen molar-refractivity contribution >= 4 is 17.7 Å². The number of hydrogen-bond acceptors (Lipinski definition) is 3. The Hall–Kier alpha value is -0.220. The lowest BCUT2D eigenvalue weighted by atomic mass is 10.2. The molecule has 2 N–H and O–H groups in total. The van der Waals surface area contributed by atoms with Crippen LogP contribution >= 0.6 is 11.8 Å². The molecule has 0 aromatic heterocycles. The molecule has 3 unspecified atom stereocenters. The van der Waals surface area contributed by atoms with Crippen LogP contribution in [0, 0.1) is 5.92 Å². The number of nitrogens with one attached hydrogen (secondary N) is 2. The molecule has 0 aromatic rings. The Labute approximate surface area is 109 Å². The van der Waals surface area contributed by atoms with Crippen molar-refractivity contribution in [3.63, 3.8) is 0 Å². The van der Waals surface area contributed by atoms with Crippen molar-refractivity contribution in [1.29, 1.82) is 0 Å². The molecule has 3 atom stereocenters. The number of amides is 1. The third kappa shape index (κ3) is 4.88. The first-order valence-corrected chi connectivity index (χ1v) is 7.90. The molecule has 0 aromatic carbocycles. The van der Waals surface area contributed by atoms with E-state index in [4.69, 9.17) is 0 Å². The van der Waals surface area contributed by atoms with Gasteiger partial charge in [-0.2, -0.15) is 11.8 Å². The van der Waals surface area contributed by atoms with Crippen molar-refractivity contribution in [2.45, 2.75) is 57.4 Å². The Morgan fingerprint density at radius 2 is 2.06 bits per heavy atom. The van der Waals surface area contributed by atoms with E-state index in [1.165, 1.54) is 19.3 Å². The summed E-state index contributed by atoms with van der Waals surface area (Å²) in [6.07, 6.45) is 5.92. The fourth-order valence-electron chi connectivity index (χ4n) is 2.25. The van der Waals surface area contributed by atoms with E-state index in [0.29, 0.717) is 17.2 Å². The van der Waals surface area contributed by atoms with Crippen molar-refractivity contribution in [1.82, 2.24) is 10.6 Å². The third-order valence-corrected chi connectivity index (χ3v) is 4.47. The van der Waals surface area contributed by atoms with Crippen LogP contribution in [0.2, 0.25) is 0 Å². The molecule has 1 fully saturated rings. The lowest BCUT2D eigenvalue weighted by Gasteiger charge is -2.23. The van der Waals surface area contributed by atoms with Crippen LogP contribution in [0.4, 0.5) is 0 Å². The number of carbonyl (C=O) groups is 1. The van der Waals surface area contributed by atoms with Crippen molar-refractivity contribution in [3.05, 3.63) is 0 Å². The van der Waals surface area contributed by atoms with Crippen LogP contribution in [0.3, 0.4) is 0 Å². The second kappa shape index (κ2) is 7.27. The van der Waals surface area contributed by atoms with E-state index in [9.17, 15) is 4.79 Å². The lowest BCUT2D eigenvalue weighted by molar-refractivity contribution is -0.123. The summed E-state index contributed by atoms with van der Waals surface area (Å²) in [6.45, 7) is 6.95. The average molecular weight is 258 g/mol. The fraction of sp³-hybridized carbons (Fsp3) is 0.923. The van der Waals surface area contributed by atoms with Gasteiger partial charge in [0.15, 0.2) is 0 Å². The Bertz CT molecular complexity index is 246. The average Bonchev–Trinajstić information content (AvgIpc) is 2.72. The van der Waals surface area contributed by atoms with Crippen molar-refractivity contribution < 1.29 is 4.79 Å². The second-order valence-corrected chi connectivity index (χ2v) is 6.42. The van der Waals surface area contributed by atoms with Gasteiger partial charge in [0.2, 0.25) is 5.91 Å². The van der Waals surface area contributed by atoms with Crippen LogP contribution in [0.5, 0.6) is 0 Å². The fourth-order valence-corrected chi connectivity index (χ4v) is 3.20. The van der Waals surface area contributed by atoms with Crippen LogP contribution in [0.1, 0.15) is 40.0 Å². The molecule has 17 heavy (non-hydrogen) atoms. The van der Waals surface area contributed by atoms with Gasteiger partial charge in [-0.3, -0.25) is 4.79 Å². The monoisotopic (exact) mass is 258 g/mol. The molecule has 0 saturated heterocycles. The van der Waals surface area contributed by atoms with Gasteiger partial charge < -0.3 is 10.6 Å². The molecule has 1 rings (SSSR count). The Morgan fingerprint density at radius 3 is 2.65 bits per heavy atom. The number of rotatable bonds is 6. The number of carbonyl (C=O) groups excluding carboxylic acids is 1. The molecule has 0 aliphatic heterocycles. The van der Waals surface area contributed by atoms with E-state index in [-0.39, 0.29) is 11.9 Å². The highest BCUT2D eigenvalue weighted by molar-refractivity contribution is 7.99. The minimum atomic E-state index is -0.0773. The van der Waals surface area contributed by atoms with Crippen LogP contribution in [-0.2, 0) is 4.79 Å². The first-order valence-electron chi connectivity index (χ1n) is 6.61. The van der Waals surface area contributed by atoms with E-state index >= 15 is 0 Å². The minimum absolute atomic E-state index is 0.0773. The minimum Gasteiger partial charge on any atom is -0.354 e. The molecule has 0 heterocycles. The standard InChI is InChI=1S/C13H26N2OS/c1-9(2)8-14-13(16)10(3)15-11-6-5-7-12(11)17-4/h9-12,15H,5-8H2,1-4H3,(H,14,16). The van der Waals surface area contributed by atoms with Gasteiger partial charge >= 0.3 is 0 Å². The Kier molecular flexibility index (Phi) is 6.34. The summed E-state index contributed by atoms with van der Waals surface area (Å²) >= 11 is 1.92. The highest BCUT2D eigenvalue weighted by atomic mass is 32.2. The third-order valence-electron chi connectivity index (χ3n) is 3.30. The van der Waals surface area contributed by atoms with Gasteiger partial charge in [-0.1, -0.05) is 20.3 Å². The number of thioether (sulfide) groups is 1. The van der Waals surface area contributed by atoms with Gasteiger partial charge in [-0.05, 0) is 31.9 Å². The van der Waals surface area contributed by atoms with Crippen LogP contribution in [0.15, 0.2) is 0 Å². The summed E-state index contributed by atoms with van der Waals surface area (Å²) in [4.78, 5) is 11.8. The van der Waals surface area contributed by atoms with Crippen molar-refractivity contribution in [2.24, 2.45) is 5.92 Å². The van der Waals surface area contributed by atoms with E-state index in [0.717, 1.165) is 6.54 Å². The zero-order valence-electron chi connectivity index (χ0n) is 11.5. The van der Waals surface area contributed by atoms with Crippen LogP contribution in [-0.4, -0.2) is 36.0 Å². The van der Waals surface area contributed by atoms with E-state index in [2.05, 4.69) is 30.7 Å². The largest absolute Gasteiger partial charge is 0.354 e. The molecule has 1 saturated carbocycles. The zero-order valence-corrected chi connectivity index (χ0v) is 12.3. The van der Waals surface area contributed by atoms with Gasteiger partial charge in [0.1, 0.15) is 0 Å². The van der Waals surface area contributed by atoms with Gasteiger partial charge in [-0.15, -0.1) is 0 Å². The van der Waals surface area contributed by atoms with E-state index < -0.39 is 0 Å². The summed E-state index contributed by atoms with van der Waals surface area (Å²) < 4.78 is 0. The van der Waals surface area contributed by atoms with E-state index in [1.54, 1.807) is 0 Å². The predicted molar refractivity (Wildman–Crippen MR) is 75.4 cm³/mol. The topological polar surface area (TPSA) is 41.1 Å². The summed E-state index contributed by atoms with van der Waals surface area (Å²) in [5.41, 5.74) is 0. The Balaban J connectivity index is 2.32. The smallest absolute Gasteiger partial charge is 0.236 e. The van der Waals surface area contributed by atoms with Gasteiger partial charge in [0.25, 0.3) is 0 Å². The van der Waals surface area contributed by atoms with Gasteiger partial charge in [-0.25, -0.2) is 0 Å². The predicted octanol–water partition coefficient (Wildman–Crippen LogP) is 2.02. The zero-order chi connectivity index (χ0) is 12.8. The van der Waals surface area contributed by atoms with E-state index in [1.807, 2.05) is 18.7 Å². The molecular weight excluding hydrogens is 232 g/mol. The SMILES string of the molecule is CSC1CCCC1NC(C)C(=O)NCC(C)C. The summed E-state index contributed by atoms with van der Waals surface area (Å²) in [5, 5.41) is 7.13. The maximum absolute atomic E-state index is 11.8. The van der Waals surface area contributed by atoms with Gasteiger partial charge in [0.05, 0.1) is 6.04 Å². The summed E-state index contributed by atoms with van der Waals surface area (Å²) in [5.74, 6) is 0.641. The second-order valence-electron chi connectivity index (χ2n) is 5.34. The highest BCUT2D eigenvalue weighted by Crippen LogP contribution is 2.28. The molecule has 4 heteroatoms. The highest BCUT2D eigenvalue weighted by Gasteiger charge is 2.28. The molecule has 1 aliphatic carbocycles. The lowest BCUT2D eigenvalue weighted by Crippen LogP contribution is -2.48. The number of hydrogen-bond donors (Lipinski definition) is 2. The molecule has 1 amide bonds. The molecule has 100 valence electrons. The first-order chi connectivity index (χ1) is 8.04. The quantitative estimate of drug-likeness (QED) is 0.766. The molecule has 0 bridgehead atoms. The first kappa shape index (κ1) is 14.8. The van der Waals surface area contributed by atoms with Crippen molar-refractivity contribution in [2.75, 3.05) is 12.8 Å². The molecular formula is C13H26N2OS. The molecule has 0 spiro atoms. The maximum atomic E-state index is 11.8. The van der Waals surface area contributed by atoms with Crippen LogP contribution in [0.25, 0.3) is 0 Å². The van der Waals surface area contributed by atoms with Crippen LogP contribution < -0.4 is 10.6 Å². The maximum Gasteiger partial charge on any atom is 0.236 e. The Morgan fingerprint density at radius 1 is 1.35 bits per heavy atom.